The summed E-state index contributed by atoms with van der Waals surface area (Å²) in [6, 6.07) is 21.2. The number of para-hydroxylation sites is 1. The van der Waals surface area contributed by atoms with Gasteiger partial charge in [0.25, 0.3) is 0 Å². The average Bonchev–Trinajstić information content (AvgIpc) is 3.26. The molecule has 2 heterocycles. The molecular formula is C22H19NO. The standard InChI is InChI=1S/C22H19NO/c1-2-7-15(8-3-1)22-13-18-16(10-6-12-21(18)24-22)19-14-23-20-11-5-4-9-17(19)20/h1-5,7-9,11,13-14,16,23H,6,10,12H2/t16-/m0/s1. The Hall–Kier alpha value is -2.74. The number of H-pyrrole nitrogens is 1. The predicted molar refractivity (Wildman–Crippen MR) is 97.2 cm³/mol. The van der Waals surface area contributed by atoms with E-state index in [4.69, 9.17) is 4.42 Å². The van der Waals surface area contributed by atoms with Crippen LogP contribution in [0.25, 0.3) is 22.2 Å². The molecule has 2 heteroatoms. The molecule has 0 radical (unpaired) electrons. The van der Waals surface area contributed by atoms with Gasteiger partial charge in [-0.25, -0.2) is 0 Å². The fourth-order valence-electron chi connectivity index (χ4n) is 4.01. The van der Waals surface area contributed by atoms with Crippen molar-refractivity contribution < 1.29 is 4.42 Å². The minimum atomic E-state index is 0.422. The van der Waals surface area contributed by atoms with Crippen LogP contribution in [0.5, 0.6) is 0 Å². The van der Waals surface area contributed by atoms with Crippen LogP contribution in [0.4, 0.5) is 0 Å². The number of nitrogens with one attached hydrogen (secondary N) is 1. The van der Waals surface area contributed by atoms with E-state index in [-0.39, 0.29) is 0 Å². The van der Waals surface area contributed by atoms with E-state index in [1.165, 1.54) is 34.9 Å². The van der Waals surface area contributed by atoms with Crippen molar-refractivity contribution in [2.75, 3.05) is 0 Å². The molecule has 118 valence electrons. The maximum Gasteiger partial charge on any atom is 0.134 e. The summed E-state index contributed by atoms with van der Waals surface area (Å²) >= 11 is 0. The van der Waals surface area contributed by atoms with Crippen LogP contribution >= 0.6 is 0 Å². The molecule has 0 aliphatic heterocycles. The van der Waals surface area contributed by atoms with Crippen LogP contribution in [-0.4, -0.2) is 4.98 Å². The molecule has 0 unspecified atom stereocenters. The third kappa shape index (κ3) is 2.10. The summed E-state index contributed by atoms with van der Waals surface area (Å²) in [6.07, 6.45) is 5.59. The van der Waals surface area contributed by atoms with Gasteiger partial charge in [-0.05, 0) is 30.5 Å². The molecule has 1 N–H and O–H groups in total. The zero-order chi connectivity index (χ0) is 15.9. The Labute approximate surface area is 141 Å². The maximum atomic E-state index is 6.22. The molecule has 0 saturated heterocycles. The molecule has 0 amide bonds. The van der Waals surface area contributed by atoms with Crippen LogP contribution < -0.4 is 0 Å². The van der Waals surface area contributed by atoms with Gasteiger partial charge in [-0.3, -0.25) is 0 Å². The molecule has 0 saturated carbocycles. The first-order valence-electron chi connectivity index (χ1n) is 8.64. The third-order valence-electron chi connectivity index (χ3n) is 5.17. The number of furan rings is 1. The number of fused-ring (bicyclic) bond motifs is 2. The molecule has 2 aromatic carbocycles. The molecule has 2 aromatic heterocycles. The second-order valence-corrected chi connectivity index (χ2v) is 6.59. The smallest absolute Gasteiger partial charge is 0.134 e. The first-order valence-corrected chi connectivity index (χ1v) is 8.64. The Kier molecular flexibility index (Phi) is 3.08. The van der Waals surface area contributed by atoms with Crippen LogP contribution in [-0.2, 0) is 6.42 Å². The molecule has 0 bridgehead atoms. The van der Waals surface area contributed by atoms with Gasteiger partial charge in [-0.1, -0.05) is 48.5 Å². The van der Waals surface area contributed by atoms with Crippen molar-refractivity contribution in [2.45, 2.75) is 25.2 Å². The van der Waals surface area contributed by atoms with Gasteiger partial charge in [-0.15, -0.1) is 0 Å². The molecule has 1 aliphatic rings. The van der Waals surface area contributed by atoms with Gasteiger partial charge in [0.15, 0.2) is 0 Å². The molecular weight excluding hydrogens is 294 g/mol. The maximum absolute atomic E-state index is 6.22. The average molecular weight is 313 g/mol. The first-order chi connectivity index (χ1) is 11.9. The van der Waals surface area contributed by atoms with Gasteiger partial charge in [0.2, 0.25) is 0 Å². The van der Waals surface area contributed by atoms with Crippen LogP contribution in [0.1, 0.15) is 35.6 Å². The minimum absolute atomic E-state index is 0.422. The molecule has 4 aromatic rings. The number of hydrogen-bond acceptors (Lipinski definition) is 1. The second-order valence-electron chi connectivity index (χ2n) is 6.59. The summed E-state index contributed by atoms with van der Waals surface area (Å²) in [7, 11) is 0. The Morgan fingerprint density at radius 1 is 0.917 bits per heavy atom. The summed E-state index contributed by atoms with van der Waals surface area (Å²) in [4.78, 5) is 3.42. The lowest BCUT2D eigenvalue weighted by molar-refractivity contribution is 0.474. The lowest BCUT2D eigenvalue weighted by Gasteiger charge is -2.21. The van der Waals surface area contributed by atoms with Crippen molar-refractivity contribution in [1.29, 1.82) is 0 Å². The number of benzene rings is 2. The highest BCUT2D eigenvalue weighted by Crippen LogP contribution is 2.42. The van der Waals surface area contributed by atoms with Crippen molar-refractivity contribution in [2.24, 2.45) is 0 Å². The fourth-order valence-corrected chi connectivity index (χ4v) is 4.01. The van der Waals surface area contributed by atoms with Gasteiger partial charge in [-0.2, -0.15) is 0 Å². The Bertz CT molecular complexity index is 993. The van der Waals surface area contributed by atoms with Gasteiger partial charge in [0.1, 0.15) is 11.5 Å². The molecule has 2 nitrogen and oxygen atoms in total. The van der Waals surface area contributed by atoms with E-state index >= 15 is 0 Å². The lowest BCUT2D eigenvalue weighted by atomic mass is 9.82. The van der Waals surface area contributed by atoms with Crippen molar-refractivity contribution in [3.05, 3.63) is 83.7 Å². The fraction of sp³-hybridized carbons (Fsp3) is 0.182. The van der Waals surface area contributed by atoms with Crippen LogP contribution in [0.2, 0.25) is 0 Å². The van der Waals surface area contributed by atoms with E-state index in [9.17, 15) is 0 Å². The van der Waals surface area contributed by atoms with E-state index in [0.717, 1.165) is 23.5 Å². The second kappa shape index (κ2) is 5.41. The van der Waals surface area contributed by atoms with E-state index in [1.807, 2.05) is 6.07 Å². The first kappa shape index (κ1) is 13.7. The molecule has 1 aliphatic carbocycles. The topological polar surface area (TPSA) is 28.9 Å². The number of aryl methyl sites for hydroxylation is 1. The molecule has 0 fully saturated rings. The summed E-state index contributed by atoms with van der Waals surface area (Å²) in [5, 5.41) is 1.33. The Morgan fingerprint density at radius 2 is 1.75 bits per heavy atom. The zero-order valence-corrected chi connectivity index (χ0v) is 13.5. The van der Waals surface area contributed by atoms with Gasteiger partial charge in [0, 0.05) is 40.6 Å². The van der Waals surface area contributed by atoms with E-state index in [0.29, 0.717) is 5.92 Å². The molecule has 0 spiro atoms. The highest BCUT2D eigenvalue weighted by Gasteiger charge is 2.27. The van der Waals surface area contributed by atoms with E-state index in [2.05, 4.69) is 65.8 Å². The summed E-state index contributed by atoms with van der Waals surface area (Å²) in [5.41, 5.74) is 5.13. The SMILES string of the molecule is c1ccc(-c2cc3c(o2)CCC[C@@H]3c2c[nH]c3ccccc23)cc1. The van der Waals surface area contributed by atoms with Crippen molar-refractivity contribution in [1.82, 2.24) is 4.98 Å². The van der Waals surface area contributed by atoms with Crippen LogP contribution in [0, 0.1) is 0 Å². The number of rotatable bonds is 2. The predicted octanol–water partition coefficient (Wildman–Crippen LogP) is 5.90. The van der Waals surface area contributed by atoms with Crippen LogP contribution in [0.15, 0.2) is 71.3 Å². The van der Waals surface area contributed by atoms with Crippen LogP contribution in [0.3, 0.4) is 0 Å². The lowest BCUT2D eigenvalue weighted by Crippen LogP contribution is -2.08. The Balaban J connectivity index is 1.63. The number of hydrogen-bond donors (Lipinski definition) is 1. The highest BCUT2D eigenvalue weighted by atomic mass is 16.3. The molecule has 1 atom stereocenters. The van der Waals surface area contributed by atoms with E-state index in [1.54, 1.807) is 0 Å². The van der Waals surface area contributed by atoms with Crippen molar-refractivity contribution in [3.8, 4) is 11.3 Å². The molecule has 5 rings (SSSR count). The summed E-state index contributed by atoms with van der Waals surface area (Å²) in [5.74, 6) is 2.58. The van der Waals surface area contributed by atoms with Gasteiger partial charge >= 0.3 is 0 Å². The quantitative estimate of drug-likeness (QED) is 0.490. The number of aromatic amines is 1. The van der Waals surface area contributed by atoms with Crippen molar-refractivity contribution >= 4 is 10.9 Å². The molecule has 24 heavy (non-hydrogen) atoms. The van der Waals surface area contributed by atoms with Crippen molar-refractivity contribution in [3.63, 3.8) is 0 Å². The van der Waals surface area contributed by atoms with E-state index < -0.39 is 0 Å². The number of aromatic nitrogens is 1. The Morgan fingerprint density at radius 3 is 2.67 bits per heavy atom. The summed E-state index contributed by atoms with van der Waals surface area (Å²) < 4.78 is 6.22. The monoisotopic (exact) mass is 313 g/mol. The minimum Gasteiger partial charge on any atom is -0.461 e. The zero-order valence-electron chi connectivity index (χ0n) is 13.5. The summed E-state index contributed by atoms with van der Waals surface area (Å²) in [6.45, 7) is 0. The third-order valence-corrected chi connectivity index (χ3v) is 5.17. The van der Waals surface area contributed by atoms with Gasteiger partial charge in [0.05, 0.1) is 0 Å². The highest BCUT2D eigenvalue weighted by molar-refractivity contribution is 5.84. The van der Waals surface area contributed by atoms with Gasteiger partial charge < -0.3 is 9.40 Å². The largest absolute Gasteiger partial charge is 0.461 e. The normalized spacial score (nSPS) is 17.1.